The van der Waals surface area contributed by atoms with Crippen molar-refractivity contribution in [2.45, 2.75) is 0 Å². The van der Waals surface area contributed by atoms with Crippen molar-refractivity contribution >= 4 is 72.4 Å². The van der Waals surface area contributed by atoms with Crippen LogP contribution in [0.5, 0.6) is 0 Å². The van der Waals surface area contributed by atoms with Gasteiger partial charge < -0.3 is 16.0 Å². The number of nitrogens with zero attached hydrogens (tertiary/aromatic N) is 2. The van der Waals surface area contributed by atoms with E-state index in [2.05, 4.69) is 42.2 Å². The van der Waals surface area contributed by atoms with Crippen molar-refractivity contribution in [3.05, 3.63) is 55.4 Å². The molecule has 0 bridgehead atoms. The fourth-order valence-electron chi connectivity index (χ4n) is 1.85. The number of anilines is 2. The number of benzene rings is 2. The number of guanidine groups is 1. The maximum atomic E-state index is 6.22. The molecule has 0 unspecified atom stereocenters. The zero-order chi connectivity index (χ0) is 17.0. The molecule has 4 nitrogen and oxygen atoms in total. The van der Waals surface area contributed by atoms with E-state index in [1.807, 2.05) is 24.3 Å². The lowest BCUT2D eigenvalue weighted by molar-refractivity contribution is 1.09. The molecule has 2 rings (SSSR count). The highest BCUT2D eigenvalue weighted by atomic mass is 79.9. The average Bonchev–Trinajstić information content (AvgIpc) is 2.49. The van der Waals surface area contributed by atoms with Crippen LogP contribution in [-0.2, 0) is 0 Å². The van der Waals surface area contributed by atoms with Crippen molar-refractivity contribution in [2.24, 2.45) is 10.7 Å². The third-order valence-electron chi connectivity index (χ3n) is 3.07. The Morgan fingerprint density at radius 1 is 1.22 bits per heavy atom. The van der Waals surface area contributed by atoms with Crippen LogP contribution in [0, 0.1) is 0 Å². The molecule has 23 heavy (non-hydrogen) atoms. The SMILES string of the molecule is CN(C(N)=NCNc1c(Cl)cccc1Br)c1ccc(Br)cc1Cl. The van der Waals surface area contributed by atoms with E-state index >= 15 is 0 Å². The molecule has 122 valence electrons. The molecule has 0 heterocycles. The molecule has 0 amide bonds. The largest absolute Gasteiger partial charge is 0.369 e. The van der Waals surface area contributed by atoms with Crippen molar-refractivity contribution in [3.63, 3.8) is 0 Å². The maximum Gasteiger partial charge on any atom is 0.197 e. The van der Waals surface area contributed by atoms with Gasteiger partial charge in [0.15, 0.2) is 5.96 Å². The summed E-state index contributed by atoms with van der Waals surface area (Å²) in [6.07, 6.45) is 0. The van der Waals surface area contributed by atoms with Gasteiger partial charge >= 0.3 is 0 Å². The molecule has 0 fully saturated rings. The van der Waals surface area contributed by atoms with Gasteiger partial charge in [-0.1, -0.05) is 45.2 Å². The van der Waals surface area contributed by atoms with E-state index in [-0.39, 0.29) is 6.67 Å². The minimum Gasteiger partial charge on any atom is -0.369 e. The fourth-order valence-corrected chi connectivity index (χ4v) is 3.51. The zero-order valence-electron chi connectivity index (χ0n) is 12.2. The van der Waals surface area contributed by atoms with Gasteiger partial charge in [-0.25, -0.2) is 4.99 Å². The Labute approximate surface area is 161 Å². The Bertz CT molecular complexity index is 717. The van der Waals surface area contributed by atoms with Crippen LogP contribution in [0.25, 0.3) is 0 Å². The topological polar surface area (TPSA) is 53.6 Å². The second-order valence-electron chi connectivity index (χ2n) is 4.60. The Balaban J connectivity index is 2.07. The highest BCUT2D eigenvalue weighted by molar-refractivity contribution is 9.10. The Morgan fingerprint density at radius 3 is 2.61 bits per heavy atom. The van der Waals surface area contributed by atoms with Crippen LogP contribution >= 0.6 is 55.1 Å². The number of nitrogens with one attached hydrogen (secondary N) is 1. The predicted octanol–water partition coefficient (Wildman–Crippen LogP) is 5.34. The van der Waals surface area contributed by atoms with Crippen LogP contribution in [0.3, 0.4) is 0 Å². The highest BCUT2D eigenvalue weighted by Gasteiger charge is 2.10. The van der Waals surface area contributed by atoms with E-state index in [0.29, 0.717) is 16.0 Å². The predicted molar refractivity (Wildman–Crippen MR) is 107 cm³/mol. The second-order valence-corrected chi connectivity index (χ2v) is 7.19. The minimum absolute atomic E-state index is 0.284. The van der Waals surface area contributed by atoms with Crippen LogP contribution in [0.4, 0.5) is 11.4 Å². The van der Waals surface area contributed by atoms with Crippen LogP contribution < -0.4 is 16.0 Å². The summed E-state index contributed by atoms with van der Waals surface area (Å²) in [6, 6.07) is 11.1. The summed E-state index contributed by atoms with van der Waals surface area (Å²) in [6.45, 7) is 0.284. The van der Waals surface area contributed by atoms with Crippen molar-refractivity contribution in [2.75, 3.05) is 23.9 Å². The lowest BCUT2D eigenvalue weighted by Crippen LogP contribution is -2.34. The van der Waals surface area contributed by atoms with Crippen molar-refractivity contribution in [3.8, 4) is 0 Å². The summed E-state index contributed by atoms with van der Waals surface area (Å²) < 4.78 is 1.77. The number of hydrogen-bond donors (Lipinski definition) is 2. The van der Waals surface area contributed by atoms with Gasteiger partial charge in [0, 0.05) is 16.0 Å². The average molecular weight is 481 g/mol. The molecule has 0 saturated carbocycles. The summed E-state index contributed by atoms with van der Waals surface area (Å²) in [5.41, 5.74) is 7.56. The Hall–Kier alpha value is -0.950. The third kappa shape index (κ3) is 4.76. The van der Waals surface area contributed by atoms with E-state index in [9.17, 15) is 0 Å². The molecular weight excluding hydrogens is 467 g/mol. The normalized spacial score (nSPS) is 11.4. The molecule has 0 saturated heterocycles. The van der Waals surface area contributed by atoms with E-state index in [4.69, 9.17) is 28.9 Å². The summed E-state index contributed by atoms with van der Waals surface area (Å²) in [5.74, 6) is 0.338. The summed E-state index contributed by atoms with van der Waals surface area (Å²) in [7, 11) is 1.80. The lowest BCUT2D eigenvalue weighted by atomic mass is 10.3. The molecular formula is C15H14Br2Cl2N4. The third-order valence-corrected chi connectivity index (χ3v) is 4.85. The van der Waals surface area contributed by atoms with Crippen molar-refractivity contribution < 1.29 is 0 Å². The van der Waals surface area contributed by atoms with Gasteiger partial charge in [0.2, 0.25) is 0 Å². The van der Waals surface area contributed by atoms with E-state index in [1.54, 1.807) is 24.1 Å². The minimum atomic E-state index is 0.284. The molecule has 2 aromatic carbocycles. The van der Waals surface area contributed by atoms with Crippen LogP contribution in [0.1, 0.15) is 0 Å². The van der Waals surface area contributed by atoms with Gasteiger partial charge in [0.05, 0.1) is 21.4 Å². The van der Waals surface area contributed by atoms with Gasteiger partial charge in [-0.15, -0.1) is 0 Å². The van der Waals surface area contributed by atoms with E-state index in [0.717, 1.165) is 20.3 Å². The maximum absolute atomic E-state index is 6.22. The zero-order valence-corrected chi connectivity index (χ0v) is 16.8. The lowest BCUT2D eigenvalue weighted by Gasteiger charge is -2.20. The molecule has 0 aliphatic heterocycles. The number of nitrogens with two attached hydrogens (primary N) is 1. The number of hydrogen-bond acceptors (Lipinski definition) is 2. The standard InChI is InChI=1S/C15H14Br2Cl2N4/c1-23(13-6-5-9(16)7-12(13)19)15(20)22-8-21-14-10(17)3-2-4-11(14)18/h2-7,21H,8H2,1H3,(H2,20,22). The first-order valence-electron chi connectivity index (χ1n) is 6.56. The molecule has 0 aromatic heterocycles. The summed E-state index contributed by atoms with van der Waals surface area (Å²) >= 11 is 19.2. The first kappa shape index (κ1) is 18.4. The second kappa shape index (κ2) is 8.24. The Morgan fingerprint density at radius 2 is 1.96 bits per heavy atom. The summed E-state index contributed by atoms with van der Waals surface area (Å²) in [5, 5.41) is 4.32. The van der Waals surface area contributed by atoms with Gasteiger partial charge in [-0.2, -0.15) is 0 Å². The molecule has 0 radical (unpaired) electrons. The molecule has 0 aliphatic rings. The number of aliphatic imine (C=N–C) groups is 1. The Kier molecular flexibility index (Phi) is 6.59. The first-order chi connectivity index (χ1) is 10.9. The monoisotopic (exact) mass is 478 g/mol. The first-order valence-corrected chi connectivity index (χ1v) is 8.91. The highest BCUT2D eigenvalue weighted by Crippen LogP contribution is 2.30. The van der Waals surface area contributed by atoms with Gasteiger partial charge in [0.1, 0.15) is 6.67 Å². The van der Waals surface area contributed by atoms with Gasteiger partial charge in [-0.3, -0.25) is 0 Å². The van der Waals surface area contributed by atoms with Crippen molar-refractivity contribution in [1.82, 2.24) is 0 Å². The molecule has 8 heteroatoms. The quantitative estimate of drug-likeness (QED) is 0.459. The molecule has 0 spiro atoms. The number of rotatable bonds is 4. The van der Waals surface area contributed by atoms with Crippen LogP contribution in [-0.4, -0.2) is 19.7 Å². The van der Waals surface area contributed by atoms with E-state index < -0.39 is 0 Å². The molecule has 0 atom stereocenters. The van der Waals surface area contributed by atoms with Gasteiger partial charge in [0.25, 0.3) is 0 Å². The van der Waals surface area contributed by atoms with E-state index in [1.165, 1.54) is 0 Å². The number of para-hydroxylation sites is 1. The number of halogens is 4. The smallest absolute Gasteiger partial charge is 0.197 e. The molecule has 3 N–H and O–H groups in total. The van der Waals surface area contributed by atoms with Crippen molar-refractivity contribution in [1.29, 1.82) is 0 Å². The van der Waals surface area contributed by atoms with Crippen LogP contribution in [0.15, 0.2) is 50.3 Å². The molecule has 2 aromatic rings. The van der Waals surface area contributed by atoms with Crippen LogP contribution in [0.2, 0.25) is 10.0 Å². The molecule has 0 aliphatic carbocycles. The van der Waals surface area contributed by atoms with Gasteiger partial charge in [-0.05, 0) is 46.3 Å². The fraction of sp³-hybridized carbons (Fsp3) is 0.133. The summed E-state index contributed by atoms with van der Waals surface area (Å²) in [4.78, 5) is 6.02.